The molecule has 0 bridgehead atoms. The Bertz CT molecular complexity index is 902. The summed E-state index contributed by atoms with van der Waals surface area (Å²) in [4.78, 5) is 27.9. The van der Waals surface area contributed by atoms with Gasteiger partial charge in [-0.15, -0.1) is 11.8 Å². The zero-order valence-corrected chi connectivity index (χ0v) is 20.8. The molecule has 0 aliphatic heterocycles. The summed E-state index contributed by atoms with van der Waals surface area (Å²) in [5.74, 6) is 0.402. The molecule has 0 saturated heterocycles. The predicted molar refractivity (Wildman–Crippen MR) is 131 cm³/mol. The van der Waals surface area contributed by atoms with Gasteiger partial charge in [-0.25, -0.2) is 4.39 Å². The number of thioether (sulfide) groups is 1. The monoisotopic (exact) mass is 458 g/mol. The second-order valence-electron chi connectivity index (χ2n) is 9.30. The summed E-state index contributed by atoms with van der Waals surface area (Å²) in [6.07, 6.45) is 0.497. The molecule has 2 rings (SSSR count). The number of carbonyl (C=O) groups is 2. The first kappa shape index (κ1) is 25.9. The number of amides is 2. The van der Waals surface area contributed by atoms with E-state index in [1.165, 1.54) is 28.8 Å². The highest BCUT2D eigenvalue weighted by Gasteiger charge is 2.30. The number of hydrogen-bond acceptors (Lipinski definition) is 3. The number of nitrogens with one attached hydrogen (secondary N) is 1. The summed E-state index contributed by atoms with van der Waals surface area (Å²) in [5.41, 5.74) is 3.99. The van der Waals surface area contributed by atoms with Crippen LogP contribution in [0, 0.1) is 19.7 Å². The molecule has 32 heavy (non-hydrogen) atoms. The van der Waals surface area contributed by atoms with Gasteiger partial charge in [-0.3, -0.25) is 9.59 Å². The number of hydrogen-bond donors (Lipinski definition) is 1. The topological polar surface area (TPSA) is 49.4 Å². The van der Waals surface area contributed by atoms with Gasteiger partial charge in [0, 0.05) is 17.8 Å². The molecule has 1 atom stereocenters. The Kier molecular flexibility index (Phi) is 9.32. The van der Waals surface area contributed by atoms with E-state index in [0.29, 0.717) is 6.42 Å². The van der Waals surface area contributed by atoms with Crippen molar-refractivity contribution in [2.75, 3.05) is 5.75 Å². The van der Waals surface area contributed by atoms with Gasteiger partial charge in [0.25, 0.3) is 0 Å². The van der Waals surface area contributed by atoms with Crippen LogP contribution in [0.4, 0.5) is 4.39 Å². The minimum atomic E-state index is -0.589. The van der Waals surface area contributed by atoms with Crippen LogP contribution in [-0.2, 0) is 21.9 Å². The Morgan fingerprint density at radius 1 is 1.03 bits per heavy atom. The largest absolute Gasteiger partial charge is 0.350 e. The van der Waals surface area contributed by atoms with Crippen LogP contribution in [0.25, 0.3) is 0 Å². The Morgan fingerprint density at radius 3 is 2.16 bits per heavy atom. The smallest absolute Gasteiger partial charge is 0.243 e. The lowest BCUT2D eigenvalue weighted by Crippen LogP contribution is -2.53. The van der Waals surface area contributed by atoms with Crippen LogP contribution in [0.2, 0.25) is 0 Å². The number of halogens is 1. The highest BCUT2D eigenvalue weighted by molar-refractivity contribution is 7.99. The van der Waals surface area contributed by atoms with Gasteiger partial charge in [-0.1, -0.05) is 48.4 Å². The van der Waals surface area contributed by atoms with Crippen molar-refractivity contribution in [3.8, 4) is 0 Å². The Labute approximate surface area is 196 Å². The fourth-order valence-electron chi connectivity index (χ4n) is 3.65. The first-order valence-electron chi connectivity index (χ1n) is 11.0. The standard InChI is InChI=1S/C26H35FN2O2S/c1-7-23(25(31)28-26(4,5)6)29(15-20-8-10-22(27)11-9-20)24(30)17-32-16-21-13-18(2)12-19(3)14-21/h8-14,23H,7,15-17H2,1-6H3,(H,28,31)/t23-/m0/s1. The molecule has 0 spiro atoms. The van der Waals surface area contributed by atoms with E-state index in [4.69, 9.17) is 0 Å². The summed E-state index contributed by atoms with van der Waals surface area (Å²) in [6.45, 7) is 12.1. The molecule has 174 valence electrons. The number of benzene rings is 2. The Hall–Kier alpha value is -2.34. The number of rotatable bonds is 9. The van der Waals surface area contributed by atoms with Crippen molar-refractivity contribution in [2.45, 2.75) is 71.8 Å². The van der Waals surface area contributed by atoms with Crippen molar-refractivity contribution in [3.05, 3.63) is 70.5 Å². The maximum atomic E-state index is 13.4. The molecule has 4 nitrogen and oxygen atoms in total. The molecule has 0 aliphatic carbocycles. The highest BCUT2D eigenvalue weighted by atomic mass is 32.2. The third-order valence-electron chi connectivity index (χ3n) is 4.93. The summed E-state index contributed by atoms with van der Waals surface area (Å²) in [6, 6.07) is 11.9. The lowest BCUT2D eigenvalue weighted by molar-refractivity contribution is -0.140. The number of aryl methyl sites for hydroxylation is 2. The van der Waals surface area contributed by atoms with Crippen molar-refractivity contribution in [1.82, 2.24) is 10.2 Å². The number of carbonyl (C=O) groups excluding carboxylic acids is 2. The van der Waals surface area contributed by atoms with Crippen LogP contribution < -0.4 is 5.32 Å². The zero-order chi connectivity index (χ0) is 23.9. The third kappa shape index (κ3) is 8.30. The Balaban J connectivity index is 2.16. The minimum Gasteiger partial charge on any atom is -0.350 e. The van der Waals surface area contributed by atoms with Crippen LogP contribution in [0.5, 0.6) is 0 Å². The molecule has 0 fully saturated rings. The molecule has 0 aliphatic rings. The summed E-state index contributed by atoms with van der Waals surface area (Å²) in [7, 11) is 0. The van der Waals surface area contributed by atoms with Gasteiger partial charge < -0.3 is 10.2 Å². The van der Waals surface area contributed by atoms with E-state index in [2.05, 4.69) is 37.4 Å². The molecule has 1 N–H and O–H groups in total. The number of nitrogens with zero attached hydrogens (tertiary/aromatic N) is 1. The van der Waals surface area contributed by atoms with Gasteiger partial charge in [0.2, 0.25) is 11.8 Å². The van der Waals surface area contributed by atoms with Gasteiger partial charge in [-0.2, -0.15) is 0 Å². The molecule has 0 radical (unpaired) electrons. The summed E-state index contributed by atoms with van der Waals surface area (Å²) < 4.78 is 13.4. The van der Waals surface area contributed by atoms with Crippen LogP contribution in [-0.4, -0.2) is 34.0 Å². The van der Waals surface area contributed by atoms with E-state index in [1.807, 2.05) is 27.7 Å². The van der Waals surface area contributed by atoms with E-state index in [0.717, 1.165) is 11.3 Å². The maximum absolute atomic E-state index is 13.4. The fraction of sp³-hybridized carbons (Fsp3) is 0.462. The Morgan fingerprint density at radius 2 is 1.62 bits per heavy atom. The lowest BCUT2D eigenvalue weighted by Gasteiger charge is -2.33. The van der Waals surface area contributed by atoms with Crippen LogP contribution >= 0.6 is 11.8 Å². The molecule has 6 heteroatoms. The van der Waals surface area contributed by atoms with Crippen molar-refractivity contribution >= 4 is 23.6 Å². The van der Waals surface area contributed by atoms with Crippen molar-refractivity contribution in [3.63, 3.8) is 0 Å². The van der Waals surface area contributed by atoms with E-state index in [1.54, 1.807) is 28.8 Å². The molecule has 0 unspecified atom stereocenters. The van der Waals surface area contributed by atoms with Gasteiger partial charge in [0.1, 0.15) is 11.9 Å². The highest BCUT2D eigenvalue weighted by Crippen LogP contribution is 2.19. The zero-order valence-electron chi connectivity index (χ0n) is 20.0. The van der Waals surface area contributed by atoms with E-state index >= 15 is 0 Å². The summed E-state index contributed by atoms with van der Waals surface area (Å²) >= 11 is 1.54. The van der Waals surface area contributed by atoms with Crippen LogP contribution in [0.15, 0.2) is 42.5 Å². The van der Waals surface area contributed by atoms with Crippen molar-refractivity contribution < 1.29 is 14.0 Å². The average molecular weight is 459 g/mol. The van der Waals surface area contributed by atoms with E-state index < -0.39 is 11.6 Å². The van der Waals surface area contributed by atoms with Gasteiger partial charge >= 0.3 is 0 Å². The quantitative estimate of drug-likeness (QED) is 0.547. The molecular weight excluding hydrogens is 423 g/mol. The van der Waals surface area contributed by atoms with Crippen molar-refractivity contribution in [1.29, 1.82) is 0 Å². The first-order chi connectivity index (χ1) is 15.0. The second kappa shape index (κ2) is 11.5. The molecule has 0 heterocycles. The van der Waals surface area contributed by atoms with Crippen LogP contribution in [0.3, 0.4) is 0 Å². The average Bonchev–Trinajstić information content (AvgIpc) is 2.67. The molecule has 2 amide bonds. The SMILES string of the molecule is CC[C@@H](C(=O)NC(C)(C)C)N(Cc1ccc(F)cc1)C(=O)CSCc1cc(C)cc(C)c1. The van der Waals surface area contributed by atoms with Gasteiger partial charge in [-0.05, 0) is 64.3 Å². The van der Waals surface area contributed by atoms with Gasteiger partial charge in [0.05, 0.1) is 5.75 Å². The lowest BCUT2D eigenvalue weighted by atomic mass is 10.1. The first-order valence-corrected chi connectivity index (χ1v) is 12.1. The second-order valence-corrected chi connectivity index (χ2v) is 10.3. The van der Waals surface area contributed by atoms with E-state index in [-0.39, 0.29) is 29.9 Å². The minimum absolute atomic E-state index is 0.0976. The third-order valence-corrected chi connectivity index (χ3v) is 5.91. The maximum Gasteiger partial charge on any atom is 0.243 e. The molecule has 0 saturated carbocycles. The molecule has 2 aromatic rings. The van der Waals surface area contributed by atoms with Crippen molar-refractivity contribution in [2.24, 2.45) is 0 Å². The predicted octanol–water partition coefficient (Wildman–Crippen LogP) is 5.40. The molecule has 0 aromatic heterocycles. The molecule has 2 aromatic carbocycles. The van der Waals surface area contributed by atoms with Crippen LogP contribution in [0.1, 0.15) is 56.4 Å². The van der Waals surface area contributed by atoms with E-state index in [9.17, 15) is 14.0 Å². The summed E-state index contributed by atoms with van der Waals surface area (Å²) in [5, 5.41) is 3.00. The molecular formula is C26H35FN2O2S. The van der Waals surface area contributed by atoms with Gasteiger partial charge in [0.15, 0.2) is 0 Å². The normalized spacial score (nSPS) is 12.3. The fourth-order valence-corrected chi connectivity index (χ4v) is 4.50.